The van der Waals surface area contributed by atoms with Crippen molar-refractivity contribution in [3.05, 3.63) is 27.2 Å². The van der Waals surface area contributed by atoms with E-state index in [9.17, 15) is 4.79 Å². The van der Waals surface area contributed by atoms with E-state index in [1.54, 1.807) is 26.0 Å². The summed E-state index contributed by atoms with van der Waals surface area (Å²) < 4.78 is 0. The maximum atomic E-state index is 10.9. The molecule has 0 aliphatic carbocycles. The van der Waals surface area contributed by atoms with Crippen LogP contribution in [0.2, 0.25) is 15.1 Å². The molecule has 1 aromatic rings. The lowest BCUT2D eigenvalue weighted by Gasteiger charge is -2.21. The molecule has 3 nitrogen and oxygen atoms in total. The van der Waals surface area contributed by atoms with Crippen molar-refractivity contribution < 1.29 is 9.90 Å². The number of hydrogen-bond donors (Lipinski definition) is 2. The number of anilines is 1. The minimum absolute atomic E-state index is 0.212. The fourth-order valence-corrected chi connectivity index (χ4v) is 2.05. The molecule has 0 bridgehead atoms. The van der Waals surface area contributed by atoms with Gasteiger partial charge >= 0.3 is 5.97 Å². The fraction of sp³-hybridized carbons (Fsp3) is 0.364. The molecule has 17 heavy (non-hydrogen) atoms. The van der Waals surface area contributed by atoms with E-state index in [1.807, 2.05) is 0 Å². The third-order valence-corrected chi connectivity index (χ3v) is 3.11. The number of benzene rings is 1. The first-order valence-electron chi connectivity index (χ1n) is 4.86. The monoisotopic (exact) mass is 295 g/mol. The SMILES string of the molecule is CC(C)(CNc1c(Cl)cc(Cl)cc1Cl)C(=O)O. The van der Waals surface area contributed by atoms with E-state index in [0.29, 0.717) is 20.8 Å². The maximum absolute atomic E-state index is 10.9. The average molecular weight is 297 g/mol. The van der Waals surface area contributed by atoms with Crippen LogP contribution in [0, 0.1) is 5.41 Å². The number of carboxylic acid groups (broad SMARTS) is 1. The van der Waals surface area contributed by atoms with E-state index < -0.39 is 11.4 Å². The molecule has 2 N–H and O–H groups in total. The predicted octanol–water partition coefficient (Wildman–Crippen LogP) is 4.17. The van der Waals surface area contributed by atoms with Crippen LogP contribution in [0.3, 0.4) is 0 Å². The number of aliphatic carboxylic acids is 1. The van der Waals surface area contributed by atoms with Crippen LogP contribution >= 0.6 is 34.8 Å². The molecule has 0 saturated carbocycles. The van der Waals surface area contributed by atoms with Crippen LogP contribution in [0.15, 0.2) is 12.1 Å². The average Bonchev–Trinajstić information content (AvgIpc) is 2.15. The van der Waals surface area contributed by atoms with Gasteiger partial charge < -0.3 is 10.4 Å². The van der Waals surface area contributed by atoms with Crippen LogP contribution in [0.25, 0.3) is 0 Å². The zero-order chi connectivity index (χ0) is 13.2. The third kappa shape index (κ3) is 3.66. The lowest BCUT2D eigenvalue weighted by molar-refractivity contribution is -0.146. The van der Waals surface area contributed by atoms with Gasteiger partial charge in [0, 0.05) is 11.6 Å². The van der Waals surface area contributed by atoms with Gasteiger partial charge in [-0.3, -0.25) is 4.79 Å². The topological polar surface area (TPSA) is 49.3 Å². The number of carboxylic acids is 1. The van der Waals surface area contributed by atoms with E-state index >= 15 is 0 Å². The highest BCUT2D eigenvalue weighted by molar-refractivity contribution is 6.41. The number of nitrogens with one attached hydrogen (secondary N) is 1. The summed E-state index contributed by atoms with van der Waals surface area (Å²) in [5, 5.41) is 13.1. The van der Waals surface area contributed by atoms with Crippen molar-refractivity contribution in [2.45, 2.75) is 13.8 Å². The first-order chi connectivity index (χ1) is 7.74. The summed E-state index contributed by atoms with van der Waals surface area (Å²) in [7, 11) is 0. The normalized spacial score (nSPS) is 11.4. The molecule has 0 radical (unpaired) electrons. The van der Waals surface area contributed by atoms with Gasteiger partial charge in [0.2, 0.25) is 0 Å². The summed E-state index contributed by atoms with van der Waals surface area (Å²) >= 11 is 17.7. The number of rotatable bonds is 4. The summed E-state index contributed by atoms with van der Waals surface area (Å²) in [4.78, 5) is 10.9. The maximum Gasteiger partial charge on any atom is 0.310 e. The van der Waals surface area contributed by atoms with Crippen LogP contribution in [0.1, 0.15) is 13.8 Å². The molecule has 0 unspecified atom stereocenters. The van der Waals surface area contributed by atoms with Crippen molar-refractivity contribution in [2.75, 3.05) is 11.9 Å². The van der Waals surface area contributed by atoms with Crippen molar-refractivity contribution in [3.8, 4) is 0 Å². The Balaban J connectivity index is 2.87. The van der Waals surface area contributed by atoms with Crippen LogP contribution in [-0.4, -0.2) is 17.6 Å². The summed E-state index contributed by atoms with van der Waals surface area (Å²) in [6.45, 7) is 3.43. The van der Waals surface area contributed by atoms with Crippen molar-refractivity contribution >= 4 is 46.5 Å². The third-order valence-electron chi connectivity index (χ3n) is 2.29. The highest BCUT2D eigenvalue weighted by atomic mass is 35.5. The Morgan fingerprint density at radius 3 is 2.18 bits per heavy atom. The molecule has 0 fully saturated rings. The molecule has 0 saturated heterocycles. The van der Waals surface area contributed by atoms with Gasteiger partial charge in [-0.15, -0.1) is 0 Å². The zero-order valence-electron chi connectivity index (χ0n) is 9.35. The number of halogens is 3. The largest absolute Gasteiger partial charge is 0.481 e. The van der Waals surface area contributed by atoms with E-state index in [0.717, 1.165) is 0 Å². The Kier molecular flexibility index (Phi) is 4.53. The molecule has 6 heteroatoms. The van der Waals surface area contributed by atoms with E-state index in [4.69, 9.17) is 39.9 Å². The molecule has 0 atom stereocenters. The molecule has 0 aliphatic rings. The minimum atomic E-state index is -0.910. The predicted molar refractivity (Wildman–Crippen MR) is 71.4 cm³/mol. The van der Waals surface area contributed by atoms with Gasteiger partial charge in [-0.05, 0) is 26.0 Å². The Morgan fingerprint density at radius 1 is 1.29 bits per heavy atom. The van der Waals surface area contributed by atoms with Gasteiger partial charge in [-0.1, -0.05) is 34.8 Å². The van der Waals surface area contributed by atoms with Crippen molar-refractivity contribution in [2.24, 2.45) is 5.41 Å². The quantitative estimate of drug-likeness (QED) is 0.876. The molecule has 0 amide bonds. The molecule has 0 spiro atoms. The van der Waals surface area contributed by atoms with Gasteiger partial charge in [0.25, 0.3) is 0 Å². The van der Waals surface area contributed by atoms with Gasteiger partial charge in [0.05, 0.1) is 21.1 Å². The molecule has 94 valence electrons. The summed E-state index contributed by atoms with van der Waals surface area (Å²) in [5.41, 5.74) is -0.418. The molecular weight excluding hydrogens is 284 g/mol. The Bertz CT molecular complexity index is 423. The van der Waals surface area contributed by atoms with Gasteiger partial charge in [0.1, 0.15) is 0 Å². The highest BCUT2D eigenvalue weighted by Gasteiger charge is 2.27. The number of carbonyl (C=O) groups is 1. The van der Waals surface area contributed by atoms with Gasteiger partial charge in [-0.2, -0.15) is 0 Å². The van der Waals surface area contributed by atoms with Crippen LogP contribution in [0.5, 0.6) is 0 Å². The highest BCUT2D eigenvalue weighted by Crippen LogP contribution is 2.34. The number of hydrogen-bond acceptors (Lipinski definition) is 2. The second-order valence-electron chi connectivity index (χ2n) is 4.29. The lowest BCUT2D eigenvalue weighted by atomic mass is 9.94. The van der Waals surface area contributed by atoms with Crippen molar-refractivity contribution in [1.82, 2.24) is 0 Å². The molecule has 1 rings (SSSR count). The van der Waals surface area contributed by atoms with E-state index in [1.165, 1.54) is 0 Å². The van der Waals surface area contributed by atoms with Crippen molar-refractivity contribution in [3.63, 3.8) is 0 Å². The zero-order valence-corrected chi connectivity index (χ0v) is 11.6. The lowest BCUT2D eigenvalue weighted by Crippen LogP contribution is -2.31. The Labute approximate surface area is 115 Å². The smallest absolute Gasteiger partial charge is 0.310 e. The molecule has 0 aliphatic heterocycles. The molecule has 1 aromatic carbocycles. The molecular formula is C11H12Cl3NO2. The standard InChI is InChI=1S/C11H12Cl3NO2/c1-11(2,10(16)17)5-15-9-7(13)3-6(12)4-8(9)14/h3-4,15H,5H2,1-2H3,(H,16,17). The van der Waals surface area contributed by atoms with Crippen LogP contribution in [0.4, 0.5) is 5.69 Å². The first kappa shape index (κ1) is 14.4. The summed E-state index contributed by atoms with van der Waals surface area (Å²) in [5.74, 6) is -0.897. The van der Waals surface area contributed by atoms with Crippen molar-refractivity contribution in [1.29, 1.82) is 0 Å². The minimum Gasteiger partial charge on any atom is -0.481 e. The van der Waals surface area contributed by atoms with Crippen LogP contribution in [-0.2, 0) is 4.79 Å². The fourth-order valence-electron chi connectivity index (χ4n) is 1.10. The summed E-state index contributed by atoms with van der Waals surface area (Å²) in [6, 6.07) is 3.09. The molecule has 0 aromatic heterocycles. The van der Waals surface area contributed by atoms with E-state index in [2.05, 4.69) is 5.32 Å². The Hall–Kier alpha value is -0.640. The first-order valence-corrected chi connectivity index (χ1v) is 5.99. The van der Waals surface area contributed by atoms with E-state index in [-0.39, 0.29) is 6.54 Å². The Morgan fingerprint density at radius 2 is 1.76 bits per heavy atom. The van der Waals surface area contributed by atoms with Gasteiger partial charge in [-0.25, -0.2) is 0 Å². The summed E-state index contributed by atoms with van der Waals surface area (Å²) in [6.07, 6.45) is 0. The second kappa shape index (κ2) is 5.34. The molecule has 0 heterocycles. The second-order valence-corrected chi connectivity index (χ2v) is 5.54. The van der Waals surface area contributed by atoms with Crippen LogP contribution < -0.4 is 5.32 Å². The van der Waals surface area contributed by atoms with Gasteiger partial charge in [0.15, 0.2) is 0 Å².